The van der Waals surface area contributed by atoms with Crippen molar-refractivity contribution in [2.45, 2.75) is 37.8 Å². The first-order valence-corrected chi connectivity index (χ1v) is 12.6. The smallest absolute Gasteiger partial charge is 0.340 e. The van der Waals surface area contributed by atoms with E-state index in [1.807, 2.05) is 60.7 Å². The molecule has 4 aromatic rings. The van der Waals surface area contributed by atoms with Gasteiger partial charge in [0.2, 0.25) is 5.28 Å². The minimum atomic E-state index is -1.64. The summed E-state index contributed by atoms with van der Waals surface area (Å²) in [5, 5.41) is -0.0391. The Morgan fingerprint density at radius 1 is 1.03 bits per heavy atom. The maximum atomic E-state index is 16.1. The van der Waals surface area contributed by atoms with Crippen LogP contribution in [0.25, 0.3) is 11.0 Å². The van der Waals surface area contributed by atoms with Crippen molar-refractivity contribution in [2.24, 2.45) is 0 Å². The van der Waals surface area contributed by atoms with Gasteiger partial charge in [0.05, 0.1) is 37.9 Å². The Labute approximate surface area is 228 Å². The Morgan fingerprint density at radius 2 is 1.68 bits per heavy atom. The predicted octanol–water partition coefficient (Wildman–Crippen LogP) is 5.56. The minimum absolute atomic E-state index is 0.0606. The summed E-state index contributed by atoms with van der Waals surface area (Å²) in [6.45, 7) is 0.576. The molecule has 2 aromatic carbocycles. The summed E-state index contributed by atoms with van der Waals surface area (Å²) < 4.78 is 40.4. The van der Waals surface area contributed by atoms with Crippen LogP contribution in [-0.2, 0) is 32.2 Å². The lowest BCUT2D eigenvalue weighted by atomic mass is 10.1. The van der Waals surface area contributed by atoms with Gasteiger partial charge in [0.25, 0.3) is 0 Å². The van der Waals surface area contributed by atoms with Crippen LogP contribution in [0.4, 0.5) is 4.39 Å². The van der Waals surface area contributed by atoms with E-state index in [-0.39, 0.29) is 40.2 Å². The highest BCUT2D eigenvalue weighted by atomic mass is 35.5. The Bertz CT molecular complexity index is 1410. The molecule has 8 nitrogen and oxygen atoms in total. The number of fused-ring (bicyclic) bond motifs is 1. The fourth-order valence-corrected chi connectivity index (χ4v) is 4.90. The molecule has 0 bridgehead atoms. The third-order valence-corrected chi connectivity index (χ3v) is 6.67. The van der Waals surface area contributed by atoms with Gasteiger partial charge in [-0.25, -0.2) is 14.2 Å². The van der Waals surface area contributed by atoms with Crippen molar-refractivity contribution in [3.8, 4) is 0 Å². The number of alkyl halides is 1. The van der Waals surface area contributed by atoms with Crippen molar-refractivity contribution < 1.29 is 28.1 Å². The second-order valence-corrected chi connectivity index (χ2v) is 9.39. The Hall–Kier alpha value is -3.08. The zero-order valence-electron chi connectivity index (χ0n) is 20.3. The third kappa shape index (κ3) is 5.52. The van der Waals surface area contributed by atoms with Crippen LogP contribution in [0.1, 0.15) is 27.7 Å². The number of nitrogens with zero attached hydrogens (tertiary/aromatic N) is 3. The summed E-state index contributed by atoms with van der Waals surface area (Å²) in [5.41, 5.74) is 2.06. The Balaban J connectivity index is 1.44. The van der Waals surface area contributed by atoms with Gasteiger partial charge in [0, 0.05) is 6.20 Å². The van der Waals surface area contributed by atoms with Crippen LogP contribution in [0.15, 0.2) is 66.9 Å². The maximum absolute atomic E-state index is 16.1. The van der Waals surface area contributed by atoms with Crippen LogP contribution in [0.2, 0.25) is 10.4 Å². The van der Waals surface area contributed by atoms with Crippen molar-refractivity contribution in [1.29, 1.82) is 0 Å². The van der Waals surface area contributed by atoms with Crippen LogP contribution >= 0.6 is 23.2 Å². The molecule has 1 unspecified atom stereocenters. The summed E-state index contributed by atoms with van der Waals surface area (Å²) in [6, 6.07) is 19.1. The highest BCUT2D eigenvalue weighted by Gasteiger charge is 2.48. The average molecular weight is 560 g/mol. The molecule has 0 radical (unpaired) electrons. The van der Waals surface area contributed by atoms with E-state index in [0.717, 1.165) is 11.1 Å². The monoisotopic (exact) mass is 559 g/mol. The molecule has 38 heavy (non-hydrogen) atoms. The van der Waals surface area contributed by atoms with Crippen molar-refractivity contribution in [3.05, 3.63) is 94.0 Å². The van der Waals surface area contributed by atoms with Gasteiger partial charge < -0.3 is 23.5 Å². The van der Waals surface area contributed by atoms with Crippen LogP contribution in [-0.4, -0.2) is 52.6 Å². The molecular formula is C27H24Cl2FN3O5. The Kier molecular flexibility index (Phi) is 8.21. The molecule has 4 atom stereocenters. The van der Waals surface area contributed by atoms with Gasteiger partial charge in [-0.15, -0.1) is 0 Å². The summed E-state index contributed by atoms with van der Waals surface area (Å²) in [5.74, 6) is -0.686. The van der Waals surface area contributed by atoms with Crippen molar-refractivity contribution in [2.75, 3.05) is 13.7 Å². The molecular weight excluding hydrogens is 536 g/mol. The van der Waals surface area contributed by atoms with E-state index in [9.17, 15) is 4.79 Å². The van der Waals surface area contributed by atoms with E-state index in [2.05, 4.69) is 9.97 Å². The lowest BCUT2D eigenvalue weighted by Gasteiger charge is -2.20. The number of carbonyl (C=O) groups excluding carboxylic acids is 1. The van der Waals surface area contributed by atoms with Crippen LogP contribution < -0.4 is 0 Å². The SMILES string of the molecule is COC(=O)c1cn(C2O[C@H](COCc3ccccc3)[C@@H](OCc3ccccc3)[C@@H]2F)c2nc(Cl)nc(Cl)c12. The standard InChI is InChI=1S/C27H24Cl2FN3O5/c1-35-26(34)18-12-33(24-20(18)23(28)31-27(29)32-24)25-21(30)22(37-14-17-10-6-3-7-11-17)19(38-25)15-36-13-16-8-4-2-5-9-16/h2-12,19,21-22,25H,13-15H2,1H3/t19-,21+,22-,25?/m1/s1. The fourth-order valence-electron chi connectivity index (χ4n) is 4.42. The quantitative estimate of drug-likeness (QED) is 0.151. The molecule has 0 aliphatic carbocycles. The van der Waals surface area contributed by atoms with Gasteiger partial charge in [0.15, 0.2) is 12.4 Å². The lowest BCUT2D eigenvalue weighted by molar-refractivity contribution is -0.0818. The summed E-state index contributed by atoms with van der Waals surface area (Å²) in [6.07, 6.45) is -3.19. The largest absolute Gasteiger partial charge is 0.465 e. The highest BCUT2D eigenvalue weighted by Crippen LogP contribution is 2.39. The molecule has 11 heteroatoms. The van der Waals surface area contributed by atoms with Gasteiger partial charge >= 0.3 is 5.97 Å². The first kappa shape index (κ1) is 26.5. The number of aromatic nitrogens is 3. The molecule has 1 aliphatic heterocycles. The van der Waals surface area contributed by atoms with Gasteiger partial charge in [-0.2, -0.15) is 4.98 Å². The van der Waals surface area contributed by atoms with Crippen molar-refractivity contribution in [1.82, 2.24) is 14.5 Å². The number of ether oxygens (including phenoxy) is 4. The normalized spacial score (nSPS) is 21.2. The lowest BCUT2D eigenvalue weighted by Crippen LogP contribution is -2.34. The van der Waals surface area contributed by atoms with E-state index in [0.29, 0.717) is 6.61 Å². The maximum Gasteiger partial charge on any atom is 0.340 e. The molecule has 0 spiro atoms. The molecule has 0 saturated carbocycles. The van der Waals surface area contributed by atoms with Crippen LogP contribution in [0, 0.1) is 0 Å². The van der Waals surface area contributed by atoms with E-state index < -0.39 is 30.6 Å². The second kappa shape index (κ2) is 11.8. The molecule has 2 aromatic heterocycles. The van der Waals surface area contributed by atoms with Gasteiger partial charge in [-0.3, -0.25) is 0 Å². The zero-order chi connectivity index (χ0) is 26.6. The van der Waals surface area contributed by atoms with Crippen molar-refractivity contribution in [3.63, 3.8) is 0 Å². The number of hydrogen-bond acceptors (Lipinski definition) is 7. The van der Waals surface area contributed by atoms with Gasteiger partial charge in [0.1, 0.15) is 23.0 Å². The number of rotatable bonds is 9. The predicted molar refractivity (Wildman–Crippen MR) is 139 cm³/mol. The van der Waals surface area contributed by atoms with E-state index >= 15 is 4.39 Å². The van der Waals surface area contributed by atoms with Gasteiger partial charge in [-0.05, 0) is 22.7 Å². The number of carbonyl (C=O) groups is 1. The first-order valence-electron chi connectivity index (χ1n) is 11.8. The first-order chi connectivity index (χ1) is 18.5. The van der Waals surface area contributed by atoms with Gasteiger partial charge in [-0.1, -0.05) is 72.3 Å². The third-order valence-electron chi connectivity index (χ3n) is 6.23. The zero-order valence-corrected chi connectivity index (χ0v) is 21.8. The summed E-state index contributed by atoms with van der Waals surface area (Å²) in [7, 11) is 1.23. The molecule has 3 heterocycles. The second-order valence-electron chi connectivity index (χ2n) is 8.70. The molecule has 198 valence electrons. The Morgan fingerprint density at radius 3 is 2.34 bits per heavy atom. The summed E-state index contributed by atoms with van der Waals surface area (Å²) in [4.78, 5) is 20.6. The number of hydrogen-bond donors (Lipinski definition) is 0. The van der Waals surface area contributed by atoms with E-state index in [4.69, 9.17) is 42.1 Å². The van der Waals surface area contributed by atoms with Crippen molar-refractivity contribution >= 4 is 40.2 Å². The molecule has 1 fully saturated rings. The topological polar surface area (TPSA) is 84.7 Å². The average Bonchev–Trinajstić information content (AvgIpc) is 3.45. The molecule has 5 rings (SSSR count). The van der Waals surface area contributed by atoms with Crippen LogP contribution in [0.3, 0.4) is 0 Å². The number of benzene rings is 2. The number of esters is 1. The number of halogens is 3. The highest BCUT2D eigenvalue weighted by molar-refractivity contribution is 6.36. The number of methoxy groups -OCH3 is 1. The molecule has 1 aliphatic rings. The fraction of sp³-hybridized carbons (Fsp3) is 0.296. The van der Waals surface area contributed by atoms with E-state index in [1.165, 1.54) is 17.9 Å². The van der Waals surface area contributed by atoms with E-state index in [1.54, 1.807) is 0 Å². The minimum Gasteiger partial charge on any atom is -0.465 e. The molecule has 0 N–H and O–H groups in total. The molecule has 0 amide bonds. The molecule has 1 saturated heterocycles. The summed E-state index contributed by atoms with van der Waals surface area (Å²) >= 11 is 12.3. The van der Waals surface area contributed by atoms with Crippen LogP contribution in [0.5, 0.6) is 0 Å².